The van der Waals surface area contributed by atoms with Crippen molar-refractivity contribution in [1.82, 2.24) is 4.98 Å². The summed E-state index contributed by atoms with van der Waals surface area (Å²) in [5, 5.41) is 2.52. The van der Waals surface area contributed by atoms with Crippen molar-refractivity contribution in [3.63, 3.8) is 0 Å². The Hall–Kier alpha value is -2.43. The van der Waals surface area contributed by atoms with Crippen molar-refractivity contribution >= 4 is 17.4 Å². The number of nitrogens with two attached hydrogens (primary N) is 1. The van der Waals surface area contributed by atoms with Gasteiger partial charge in [0.1, 0.15) is 5.82 Å². The maximum absolute atomic E-state index is 12.8. The smallest absolute Gasteiger partial charge is 0.229 e. The quantitative estimate of drug-likeness (QED) is 0.641. The largest absolute Gasteiger partial charge is 0.399 e. The number of halogens is 1. The van der Waals surface area contributed by atoms with Gasteiger partial charge in [-0.25, -0.2) is 4.98 Å². The van der Waals surface area contributed by atoms with E-state index in [-0.39, 0.29) is 18.1 Å². The Bertz CT molecular complexity index is 554. The number of pyridine rings is 1. The van der Waals surface area contributed by atoms with Gasteiger partial charge in [-0.1, -0.05) is 18.2 Å². The molecule has 0 aliphatic rings. The van der Waals surface area contributed by atoms with E-state index in [0.29, 0.717) is 5.69 Å². The lowest BCUT2D eigenvalue weighted by atomic mass is 10.1. The molecule has 0 saturated heterocycles. The van der Waals surface area contributed by atoms with Crippen LogP contribution in [0.5, 0.6) is 0 Å². The fourth-order valence-electron chi connectivity index (χ4n) is 1.49. The molecular formula is C13H12FN3O. The summed E-state index contributed by atoms with van der Waals surface area (Å²) in [6.45, 7) is 0. The predicted molar refractivity (Wildman–Crippen MR) is 67.4 cm³/mol. The van der Waals surface area contributed by atoms with Gasteiger partial charge in [0.2, 0.25) is 11.9 Å². The molecular weight excluding hydrogens is 233 g/mol. The van der Waals surface area contributed by atoms with Gasteiger partial charge in [0.25, 0.3) is 0 Å². The number of nitrogens with zero attached hydrogens (tertiary/aromatic N) is 1. The van der Waals surface area contributed by atoms with Gasteiger partial charge >= 0.3 is 0 Å². The zero-order valence-corrected chi connectivity index (χ0v) is 9.56. The van der Waals surface area contributed by atoms with E-state index in [1.807, 2.05) is 0 Å². The van der Waals surface area contributed by atoms with Crippen LogP contribution < -0.4 is 11.1 Å². The minimum atomic E-state index is -0.625. The molecule has 1 amide bonds. The van der Waals surface area contributed by atoms with Crippen LogP contribution in [0.1, 0.15) is 5.56 Å². The molecule has 0 bridgehead atoms. The summed E-state index contributed by atoms with van der Waals surface area (Å²) in [5.74, 6) is -0.673. The maximum atomic E-state index is 12.8. The van der Waals surface area contributed by atoms with E-state index in [2.05, 4.69) is 10.3 Å². The average molecular weight is 245 g/mol. The topological polar surface area (TPSA) is 68.0 Å². The number of amides is 1. The maximum Gasteiger partial charge on any atom is 0.229 e. The number of carbonyl (C=O) groups is 1. The number of nitrogens with one attached hydrogen (secondary N) is 1. The lowest BCUT2D eigenvalue weighted by molar-refractivity contribution is -0.115. The summed E-state index contributed by atoms with van der Waals surface area (Å²) >= 11 is 0. The van der Waals surface area contributed by atoms with E-state index in [9.17, 15) is 9.18 Å². The number of hydrogen-bond acceptors (Lipinski definition) is 3. The van der Waals surface area contributed by atoms with E-state index < -0.39 is 5.95 Å². The summed E-state index contributed by atoms with van der Waals surface area (Å²) in [6, 6.07) is 11.2. The number of rotatable bonds is 3. The Morgan fingerprint density at radius 3 is 2.61 bits per heavy atom. The fraction of sp³-hybridized carbons (Fsp3) is 0.0769. The minimum absolute atomic E-state index is 0.193. The van der Waals surface area contributed by atoms with Crippen LogP contribution in [0, 0.1) is 5.95 Å². The molecule has 0 spiro atoms. The van der Waals surface area contributed by atoms with Gasteiger partial charge in [-0.15, -0.1) is 0 Å². The molecule has 0 saturated carbocycles. The molecule has 0 fully saturated rings. The number of carbonyl (C=O) groups excluding carboxylic acids is 1. The molecule has 4 nitrogen and oxygen atoms in total. The van der Waals surface area contributed by atoms with Crippen LogP contribution in [-0.4, -0.2) is 10.9 Å². The number of aromatic nitrogens is 1. The first-order valence-corrected chi connectivity index (χ1v) is 5.40. The van der Waals surface area contributed by atoms with Gasteiger partial charge in [0, 0.05) is 5.69 Å². The van der Waals surface area contributed by atoms with Crippen molar-refractivity contribution in [2.45, 2.75) is 6.42 Å². The second-order valence-electron chi connectivity index (χ2n) is 3.81. The van der Waals surface area contributed by atoms with Gasteiger partial charge in [-0.3, -0.25) is 4.79 Å². The normalized spacial score (nSPS) is 10.1. The Balaban J connectivity index is 1.98. The molecule has 0 aliphatic heterocycles. The fourth-order valence-corrected chi connectivity index (χ4v) is 1.49. The third-order valence-electron chi connectivity index (χ3n) is 2.33. The first kappa shape index (κ1) is 12.0. The second kappa shape index (κ2) is 5.27. The third kappa shape index (κ3) is 3.28. The highest BCUT2D eigenvalue weighted by Gasteiger charge is 2.05. The summed E-state index contributed by atoms with van der Waals surface area (Å²) in [4.78, 5) is 15.2. The van der Waals surface area contributed by atoms with Crippen molar-refractivity contribution in [1.29, 1.82) is 0 Å². The van der Waals surface area contributed by atoms with Gasteiger partial charge in [-0.05, 0) is 29.8 Å². The number of benzene rings is 1. The molecule has 1 aromatic carbocycles. The Morgan fingerprint density at radius 2 is 1.94 bits per heavy atom. The van der Waals surface area contributed by atoms with Crippen LogP contribution in [-0.2, 0) is 11.2 Å². The second-order valence-corrected chi connectivity index (χ2v) is 3.81. The van der Waals surface area contributed by atoms with Crippen LogP contribution in [0.3, 0.4) is 0 Å². The van der Waals surface area contributed by atoms with Crippen molar-refractivity contribution in [2.24, 2.45) is 0 Å². The minimum Gasteiger partial charge on any atom is -0.399 e. The highest BCUT2D eigenvalue weighted by molar-refractivity contribution is 5.91. The SMILES string of the molecule is Nc1ccc(CC(=O)Nc2cccc(F)n2)cc1. The first-order valence-electron chi connectivity index (χ1n) is 5.40. The predicted octanol–water partition coefficient (Wildman–Crippen LogP) is 1.98. The molecule has 1 heterocycles. The van der Waals surface area contributed by atoms with E-state index in [1.54, 1.807) is 24.3 Å². The molecule has 5 heteroatoms. The lowest BCUT2D eigenvalue weighted by Gasteiger charge is -2.04. The number of anilines is 2. The van der Waals surface area contributed by atoms with Crippen LogP contribution in [0.15, 0.2) is 42.5 Å². The van der Waals surface area contributed by atoms with E-state index in [1.165, 1.54) is 18.2 Å². The molecule has 0 radical (unpaired) electrons. The third-order valence-corrected chi connectivity index (χ3v) is 2.33. The standard InChI is InChI=1S/C13H12FN3O/c14-11-2-1-3-12(16-11)17-13(18)8-9-4-6-10(15)7-5-9/h1-7H,8,15H2,(H,16,17,18). The molecule has 0 aliphatic carbocycles. The Morgan fingerprint density at radius 1 is 1.22 bits per heavy atom. The average Bonchev–Trinajstić information content (AvgIpc) is 2.32. The molecule has 1 aromatic heterocycles. The van der Waals surface area contributed by atoms with Crippen LogP contribution in [0.2, 0.25) is 0 Å². The van der Waals surface area contributed by atoms with E-state index in [0.717, 1.165) is 5.56 Å². The summed E-state index contributed by atoms with van der Waals surface area (Å²) in [5.41, 5.74) is 7.02. The monoisotopic (exact) mass is 245 g/mol. The molecule has 18 heavy (non-hydrogen) atoms. The highest BCUT2D eigenvalue weighted by atomic mass is 19.1. The van der Waals surface area contributed by atoms with Crippen LogP contribution in [0.4, 0.5) is 15.9 Å². The molecule has 0 unspecified atom stereocenters. The van der Waals surface area contributed by atoms with Crippen LogP contribution in [0.25, 0.3) is 0 Å². The van der Waals surface area contributed by atoms with Gasteiger partial charge < -0.3 is 11.1 Å². The van der Waals surface area contributed by atoms with Gasteiger partial charge in [-0.2, -0.15) is 4.39 Å². The Kier molecular flexibility index (Phi) is 3.52. The highest BCUT2D eigenvalue weighted by Crippen LogP contribution is 2.08. The molecule has 0 atom stereocenters. The molecule has 92 valence electrons. The summed E-state index contributed by atoms with van der Waals surface area (Å²) in [6.07, 6.45) is 0.193. The van der Waals surface area contributed by atoms with Gasteiger partial charge in [0.05, 0.1) is 6.42 Å². The van der Waals surface area contributed by atoms with Crippen molar-refractivity contribution in [3.8, 4) is 0 Å². The van der Waals surface area contributed by atoms with Gasteiger partial charge in [0.15, 0.2) is 0 Å². The molecule has 2 rings (SSSR count). The van der Waals surface area contributed by atoms with Crippen molar-refractivity contribution < 1.29 is 9.18 Å². The van der Waals surface area contributed by atoms with E-state index >= 15 is 0 Å². The van der Waals surface area contributed by atoms with E-state index in [4.69, 9.17) is 5.73 Å². The molecule has 3 N–H and O–H groups in total. The Labute approximate surface area is 104 Å². The first-order chi connectivity index (χ1) is 8.63. The van der Waals surface area contributed by atoms with Crippen LogP contribution >= 0.6 is 0 Å². The number of hydrogen-bond donors (Lipinski definition) is 2. The zero-order chi connectivity index (χ0) is 13.0. The van der Waals surface area contributed by atoms with Crippen molar-refractivity contribution in [2.75, 3.05) is 11.1 Å². The summed E-state index contributed by atoms with van der Waals surface area (Å²) < 4.78 is 12.8. The van der Waals surface area contributed by atoms with Crippen molar-refractivity contribution in [3.05, 3.63) is 54.0 Å². The molecule has 2 aromatic rings. The summed E-state index contributed by atoms with van der Waals surface area (Å²) in [7, 11) is 0. The lowest BCUT2D eigenvalue weighted by Crippen LogP contribution is -2.15. The number of nitrogen functional groups attached to an aromatic ring is 1. The zero-order valence-electron chi connectivity index (χ0n) is 9.56.